The molecule has 1 aliphatic heterocycles. The van der Waals surface area contributed by atoms with Gasteiger partial charge < -0.3 is 15.0 Å². The lowest BCUT2D eigenvalue weighted by Crippen LogP contribution is -2.62. The maximum atomic E-state index is 13.4. The molecule has 0 bridgehead atoms. The molecule has 0 aliphatic carbocycles. The van der Waals surface area contributed by atoms with Crippen LogP contribution in [0.3, 0.4) is 0 Å². The van der Waals surface area contributed by atoms with E-state index < -0.39 is 5.60 Å². The Morgan fingerprint density at radius 1 is 1.17 bits per heavy atom. The number of benzene rings is 2. The fraction of sp³-hybridized carbons (Fsp3) is 0.417. The number of ether oxygens (including phenoxy) is 1. The van der Waals surface area contributed by atoms with Crippen molar-refractivity contribution in [3.05, 3.63) is 59.9 Å². The van der Waals surface area contributed by atoms with Gasteiger partial charge in [-0.2, -0.15) is 0 Å². The van der Waals surface area contributed by atoms with Crippen LogP contribution < -0.4 is 5.32 Å². The van der Waals surface area contributed by atoms with Gasteiger partial charge in [0.1, 0.15) is 5.82 Å². The van der Waals surface area contributed by atoms with Crippen LogP contribution in [0.15, 0.2) is 48.5 Å². The molecule has 2 aromatic carbocycles. The standard InChI is InChI=1S/C24H29FN2O3/c1-4-22(28)27-13-14-30-24(16-27,23(29)26-17(2)3)15-19-7-5-6-8-21(19)18-9-11-20(25)12-10-18/h5-12,17H,4,13-16H2,1-3H3,(H,26,29)/t24-/m1/s1. The van der Waals surface area contributed by atoms with E-state index in [1.54, 1.807) is 17.0 Å². The van der Waals surface area contributed by atoms with Crippen LogP contribution in [0.4, 0.5) is 4.39 Å². The molecule has 1 saturated heterocycles. The maximum Gasteiger partial charge on any atom is 0.254 e. The molecular formula is C24H29FN2O3. The van der Waals surface area contributed by atoms with Crippen LogP contribution in [0.1, 0.15) is 32.8 Å². The van der Waals surface area contributed by atoms with E-state index in [1.165, 1.54) is 12.1 Å². The summed E-state index contributed by atoms with van der Waals surface area (Å²) < 4.78 is 19.5. The van der Waals surface area contributed by atoms with Gasteiger partial charge in [0.25, 0.3) is 5.91 Å². The summed E-state index contributed by atoms with van der Waals surface area (Å²) in [6.45, 7) is 6.60. The van der Waals surface area contributed by atoms with Gasteiger partial charge in [0.2, 0.25) is 5.91 Å². The zero-order valence-electron chi connectivity index (χ0n) is 17.8. The minimum atomic E-state index is -1.18. The smallest absolute Gasteiger partial charge is 0.254 e. The third-order valence-electron chi connectivity index (χ3n) is 5.32. The summed E-state index contributed by atoms with van der Waals surface area (Å²) in [5.41, 5.74) is 1.51. The number of carbonyl (C=O) groups is 2. The van der Waals surface area contributed by atoms with E-state index in [-0.39, 0.29) is 30.2 Å². The van der Waals surface area contributed by atoms with Crippen molar-refractivity contribution in [1.82, 2.24) is 10.2 Å². The molecule has 0 aromatic heterocycles. The summed E-state index contributed by atoms with van der Waals surface area (Å²) in [4.78, 5) is 27.3. The first-order chi connectivity index (χ1) is 14.3. The third-order valence-corrected chi connectivity index (χ3v) is 5.32. The van der Waals surface area contributed by atoms with E-state index in [9.17, 15) is 14.0 Å². The minimum Gasteiger partial charge on any atom is -0.361 e. The van der Waals surface area contributed by atoms with Crippen molar-refractivity contribution in [2.24, 2.45) is 0 Å². The molecule has 30 heavy (non-hydrogen) atoms. The monoisotopic (exact) mass is 412 g/mol. The quantitative estimate of drug-likeness (QED) is 0.789. The van der Waals surface area contributed by atoms with Gasteiger partial charge in [0.15, 0.2) is 5.60 Å². The predicted molar refractivity (Wildman–Crippen MR) is 114 cm³/mol. The number of hydrogen-bond donors (Lipinski definition) is 1. The van der Waals surface area contributed by atoms with Crippen molar-refractivity contribution >= 4 is 11.8 Å². The number of rotatable bonds is 6. The van der Waals surface area contributed by atoms with Gasteiger partial charge in [-0.3, -0.25) is 9.59 Å². The van der Waals surface area contributed by atoms with Crippen LogP contribution in [-0.4, -0.2) is 48.1 Å². The van der Waals surface area contributed by atoms with Gasteiger partial charge in [-0.15, -0.1) is 0 Å². The molecule has 1 N–H and O–H groups in total. The Morgan fingerprint density at radius 2 is 1.87 bits per heavy atom. The summed E-state index contributed by atoms with van der Waals surface area (Å²) in [6.07, 6.45) is 0.695. The first-order valence-electron chi connectivity index (χ1n) is 10.4. The van der Waals surface area contributed by atoms with Crippen LogP contribution in [-0.2, 0) is 20.7 Å². The Labute approximate surface area is 177 Å². The van der Waals surface area contributed by atoms with E-state index in [0.717, 1.165) is 16.7 Å². The van der Waals surface area contributed by atoms with Crippen molar-refractivity contribution in [2.75, 3.05) is 19.7 Å². The van der Waals surface area contributed by atoms with Gasteiger partial charge in [-0.25, -0.2) is 4.39 Å². The normalized spacial score (nSPS) is 19.0. The van der Waals surface area contributed by atoms with Gasteiger partial charge in [0, 0.05) is 25.4 Å². The molecule has 1 heterocycles. The first kappa shape index (κ1) is 22.0. The predicted octanol–water partition coefficient (Wildman–Crippen LogP) is 3.57. The van der Waals surface area contributed by atoms with Crippen molar-refractivity contribution in [3.8, 4) is 11.1 Å². The number of halogens is 1. The van der Waals surface area contributed by atoms with Crippen molar-refractivity contribution < 1.29 is 18.7 Å². The van der Waals surface area contributed by atoms with E-state index in [2.05, 4.69) is 5.32 Å². The molecule has 6 heteroatoms. The highest BCUT2D eigenvalue weighted by Gasteiger charge is 2.45. The number of hydrogen-bond acceptors (Lipinski definition) is 3. The van der Waals surface area contributed by atoms with Crippen LogP contribution in [0.2, 0.25) is 0 Å². The second-order valence-electron chi connectivity index (χ2n) is 7.98. The highest BCUT2D eigenvalue weighted by Crippen LogP contribution is 2.31. The molecule has 3 rings (SSSR count). The Morgan fingerprint density at radius 3 is 2.53 bits per heavy atom. The lowest BCUT2D eigenvalue weighted by atomic mass is 9.87. The Bertz CT molecular complexity index is 898. The summed E-state index contributed by atoms with van der Waals surface area (Å²) in [6, 6.07) is 14.0. The SMILES string of the molecule is CCC(=O)N1CCO[C@@](Cc2ccccc2-c2ccc(F)cc2)(C(=O)NC(C)C)C1. The molecule has 0 spiro atoms. The number of nitrogens with zero attached hydrogens (tertiary/aromatic N) is 1. The zero-order valence-corrected chi connectivity index (χ0v) is 17.8. The van der Waals surface area contributed by atoms with Crippen molar-refractivity contribution in [2.45, 2.75) is 45.3 Å². The molecule has 1 atom stereocenters. The highest BCUT2D eigenvalue weighted by molar-refractivity contribution is 5.88. The fourth-order valence-corrected chi connectivity index (χ4v) is 3.83. The average molecular weight is 413 g/mol. The molecule has 2 amide bonds. The highest BCUT2D eigenvalue weighted by atomic mass is 19.1. The number of amides is 2. The molecule has 0 saturated carbocycles. The topological polar surface area (TPSA) is 58.6 Å². The van der Waals surface area contributed by atoms with Crippen LogP contribution in [0.5, 0.6) is 0 Å². The summed E-state index contributed by atoms with van der Waals surface area (Å²) >= 11 is 0. The Kier molecular flexibility index (Phi) is 6.87. The lowest BCUT2D eigenvalue weighted by molar-refractivity contribution is -0.166. The average Bonchev–Trinajstić information content (AvgIpc) is 2.74. The summed E-state index contributed by atoms with van der Waals surface area (Å²) in [5.74, 6) is -0.514. The summed E-state index contributed by atoms with van der Waals surface area (Å²) in [7, 11) is 0. The van der Waals surface area contributed by atoms with Crippen LogP contribution in [0.25, 0.3) is 11.1 Å². The van der Waals surface area contributed by atoms with E-state index in [4.69, 9.17) is 4.74 Å². The van der Waals surface area contributed by atoms with Gasteiger partial charge in [-0.1, -0.05) is 43.3 Å². The lowest BCUT2D eigenvalue weighted by Gasteiger charge is -2.42. The molecular weight excluding hydrogens is 383 g/mol. The number of nitrogens with one attached hydrogen (secondary N) is 1. The van der Waals surface area contributed by atoms with E-state index in [1.807, 2.05) is 45.0 Å². The second-order valence-corrected chi connectivity index (χ2v) is 7.98. The molecule has 2 aromatic rings. The first-order valence-corrected chi connectivity index (χ1v) is 10.4. The van der Waals surface area contributed by atoms with Crippen LogP contribution >= 0.6 is 0 Å². The molecule has 5 nitrogen and oxygen atoms in total. The Hall–Kier alpha value is -2.73. The maximum absolute atomic E-state index is 13.4. The van der Waals surface area contributed by atoms with Crippen molar-refractivity contribution in [3.63, 3.8) is 0 Å². The number of morpholine rings is 1. The van der Waals surface area contributed by atoms with Crippen LogP contribution in [0, 0.1) is 5.82 Å². The molecule has 1 aliphatic rings. The van der Waals surface area contributed by atoms with Gasteiger partial charge >= 0.3 is 0 Å². The third kappa shape index (κ3) is 4.87. The molecule has 0 unspecified atom stereocenters. The second kappa shape index (κ2) is 9.39. The fourth-order valence-electron chi connectivity index (χ4n) is 3.83. The zero-order chi connectivity index (χ0) is 21.7. The van der Waals surface area contributed by atoms with E-state index in [0.29, 0.717) is 26.0 Å². The molecule has 0 radical (unpaired) electrons. The Balaban J connectivity index is 1.99. The number of carbonyl (C=O) groups excluding carboxylic acids is 2. The van der Waals surface area contributed by atoms with E-state index >= 15 is 0 Å². The largest absolute Gasteiger partial charge is 0.361 e. The van der Waals surface area contributed by atoms with Crippen molar-refractivity contribution in [1.29, 1.82) is 0 Å². The minimum absolute atomic E-state index is 0.00633. The summed E-state index contributed by atoms with van der Waals surface area (Å²) in [5, 5.41) is 2.97. The molecule has 160 valence electrons. The molecule has 1 fully saturated rings. The van der Waals surface area contributed by atoms with Gasteiger partial charge in [0.05, 0.1) is 13.2 Å². The van der Waals surface area contributed by atoms with Gasteiger partial charge in [-0.05, 0) is 42.7 Å².